The summed E-state index contributed by atoms with van der Waals surface area (Å²) in [5.74, 6) is -3.52. The van der Waals surface area contributed by atoms with Crippen LogP contribution in [-0.4, -0.2) is 105 Å². The lowest BCUT2D eigenvalue weighted by molar-refractivity contribution is -0.310. The van der Waals surface area contributed by atoms with Gasteiger partial charge in [0.15, 0.2) is 5.78 Å². The zero-order chi connectivity index (χ0) is 35.4. The number of hydrogen-bond donors (Lipinski definition) is 6. The van der Waals surface area contributed by atoms with Gasteiger partial charge in [-0.25, -0.2) is 4.79 Å². The third-order valence-electron chi connectivity index (χ3n) is 8.32. The van der Waals surface area contributed by atoms with Crippen LogP contribution in [0.15, 0.2) is 78.4 Å². The fourth-order valence-electron chi connectivity index (χ4n) is 5.68. The predicted octanol–water partition coefficient (Wildman–Crippen LogP) is 2.62. The molecule has 49 heavy (non-hydrogen) atoms. The summed E-state index contributed by atoms with van der Waals surface area (Å²) in [4.78, 5) is 49.4. The molecule has 2 aromatic rings. The Labute approximate surface area is 289 Å². The monoisotopic (exact) mass is 696 g/mol. The van der Waals surface area contributed by atoms with Crippen LogP contribution in [0.2, 0.25) is 0 Å². The number of aliphatic carboxylic acids is 1. The third-order valence-corrected chi connectivity index (χ3v) is 9.47. The fourth-order valence-corrected chi connectivity index (χ4v) is 6.56. The molecule has 0 spiro atoms. The maximum atomic E-state index is 12.8. The summed E-state index contributed by atoms with van der Waals surface area (Å²) in [6, 6.07) is 15.1. The van der Waals surface area contributed by atoms with Crippen molar-refractivity contribution in [3.63, 3.8) is 0 Å². The SMILES string of the molecule is CC(=O)N[C@H]1[C@H]([C@H](O)[C@H](O)CNC(=O)c2ccc(-c3ccccc3)cc2)O[C@@](OCCCSCCCC(=O)C2=CC=CC2)(C(=O)O)C[C@@H]1O. The summed E-state index contributed by atoms with van der Waals surface area (Å²) in [7, 11) is 0. The van der Waals surface area contributed by atoms with E-state index in [2.05, 4.69) is 10.6 Å². The van der Waals surface area contributed by atoms with Crippen LogP contribution < -0.4 is 10.6 Å². The van der Waals surface area contributed by atoms with Crippen molar-refractivity contribution in [2.24, 2.45) is 0 Å². The number of thioether (sulfide) groups is 1. The second-order valence-corrected chi connectivity index (χ2v) is 13.2. The van der Waals surface area contributed by atoms with Crippen LogP contribution in [0.1, 0.15) is 49.4 Å². The van der Waals surface area contributed by atoms with E-state index in [-0.39, 0.29) is 12.4 Å². The van der Waals surface area contributed by atoms with Crippen molar-refractivity contribution < 1.29 is 49.1 Å². The molecule has 6 atom stereocenters. The third kappa shape index (κ3) is 10.6. The first-order chi connectivity index (χ1) is 23.5. The number of hydrogen-bond acceptors (Lipinski definition) is 10. The zero-order valence-corrected chi connectivity index (χ0v) is 28.1. The first kappa shape index (κ1) is 38.0. The fraction of sp³-hybridized carbons (Fsp3) is 0.444. The van der Waals surface area contributed by atoms with E-state index in [1.54, 1.807) is 36.0 Å². The normalized spacial score (nSPS) is 22.9. The quantitative estimate of drug-likeness (QED) is 0.126. The van der Waals surface area contributed by atoms with E-state index < -0.39 is 67.0 Å². The number of amides is 2. The lowest BCUT2D eigenvalue weighted by Gasteiger charge is -2.46. The first-order valence-electron chi connectivity index (χ1n) is 16.3. The number of carboxylic acids is 1. The lowest BCUT2D eigenvalue weighted by Crippen LogP contribution is -2.68. The number of ether oxygens (including phenoxy) is 2. The highest BCUT2D eigenvalue weighted by molar-refractivity contribution is 7.99. The molecule has 2 amide bonds. The Kier molecular flexibility index (Phi) is 14.1. The van der Waals surface area contributed by atoms with Crippen LogP contribution in [-0.2, 0) is 23.9 Å². The number of rotatable bonds is 18. The number of aliphatic hydroxyl groups excluding tert-OH is 3. The number of allylic oxidation sites excluding steroid dienone is 4. The Balaban J connectivity index is 1.31. The van der Waals surface area contributed by atoms with Gasteiger partial charge in [0.25, 0.3) is 11.7 Å². The number of carboxylic acid groups (broad SMARTS) is 1. The highest BCUT2D eigenvalue weighted by Crippen LogP contribution is 2.34. The van der Waals surface area contributed by atoms with Gasteiger partial charge in [-0.1, -0.05) is 60.7 Å². The number of ketones is 1. The van der Waals surface area contributed by atoms with Gasteiger partial charge >= 0.3 is 5.97 Å². The Bertz CT molecular complexity index is 1500. The molecule has 13 heteroatoms. The predicted molar refractivity (Wildman–Crippen MR) is 184 cm³/mol. The largest absolute Gasteiger partial charge is 0.477 e. The Morgan fingerprint density at radius 1 is 1.02 bits per heavy atom. The van der Waals surface area contributed by atoms with Crippen molar-refractivity contribution in [3.05, 3.63) is 84.0 Å². The Hall–Kier alpha value is -3.85. The van der Waals surface area contributed by atoms with Gasteiger partial charge in [-0.3, -0.25) is 14.4 Å². The molecule has 12 nitrogen and oxygen atoms in total. The van der Waals surface area contributed by atoms with Crippen LogP contribution in [0.25, 0.3) is 11.1 Å². The highest BCUT2D eigenvalue weighted by atomic mass is 32.2. The first-order valence-corrected chi connectivity index (χ1v) is 17.4. The molecule has 0 unspecified atom stereocenters. The minimum absolute atomic E-state index is 0.0567. The number of carbonyl (C=O) groups excluding carboxylic acids is 3. The van der Waals surface area contributed by atoms with Crippen molar-refractivity contribution >= 4 is 35.3 Å². The minimum atomic E-state index is -2.37. The molecule has 2 aliphatic rings. The van der Waals surface area contributed by atoms with E-state index >= 15 is 0 Å². The average Bonchev–Trinajstić information content (AvgIpc) is 3.64. The van der Waals surface area contributed by atoms with Crippen LogP contribution in [0, 0.1) is 0 Å². The van der Waals surface area contributed by atoms with Crippen LogP contribution in [0.5, 0.6) is 0 Å². The van der Waals surface area contributed by atoms with Crippen molar-refractivity contribution in [1.82, 2.24) is 10.6 Å². The molecule has 0 aromatic heterocycles. The van der Waals surface area contributed by atoms with E-state index in [9.17, 15) is 39.6 Å². The average molecular weight is 697 g/mol. The summed E-state index contributed by atoms with van der Waals surface area (Å²) in [5.41, 5.74) is 3.02. The summed E-state index contributed by atoms with van der Waals surface area (Å²) in [5, 5.41) is 48.1. The number of carbonyl (C=O) groups is 4. The topological polar surface area (TPSA) is 192 Å². The minimum Gasteiger partial charge on any atom is -0.477 e. The molecule has 1 heterocycles. The van der Waals surface area contributed by atoms with Crippen molar-refractivity contribution in [1.29, 1.82) is 0 Å². The van der Waals surface area contributed by atoms with E-state index in [1.165, 1.54) is 6.92 Å². The highest BCUT2D eigenvalue weighted by Gasteiger charge is 2.55. The van der Waals surface area contributed by atoms with Gasteiger partial charge in [-0.05, 0) is 59.6 Å². The van der Waals surface area contributed by atoms with Crippen molar-refractivity contribution in [2.45, 2.75) is 75.3 Å². The maximum absolute atomic E-state index is 12.8. The molecule has 4 rings (SSSR count). The van der Waals surface area contributed by atoms with E-state index in [4.69, 9.17) is 9.47 Å². The number of benzene rings is 2. The van der Waals surface area contributed by atoms with E-state index in [0.717, 1.165) is 22.5 Å². The molecule has 2 aromatic carbocycles. The molecule has 1 aliphatic carbocycles. The Morgan fingerprint density at radius 2 is 1.71 bits per heavy atom. The van der Waals surface area contributed by atoms with Gasteiger partial charge in [-0.2, -0.15) is 11.8 Å². The second kappa shape index (κ2) is 18.2. The number of nitrogens with one attached hydrogen (secondary N) is 2. The standard InChI is InChI=1S/C36H44N2O10S/c1-23(39)38-31-29(41)21-36(35(45)46,47-18-8-20-49-19-7-13-28(40)26-11-5-6-12-26)48-33(31)32(43)30(42)22-37-34(44)27-16-14-25(15-17-27)24-9-3-2-4-10-24/h2-6,9-11,14-17,29-33,41-43H,7-8,12-13,18-22H2,1H3,(H,37,44)(H,38,39)(H,45,46)/t29-,30+,31+,32+,33+,36+/m0/s1. The summed E-state index contributed by atoms with van der Waals surface area (Å²) >= 11 is 1.59. The van der Waals surface area contributed by atoms with Crippen LogP contribution in [0.3, 0.4) is 0 Å². The molecule has 1 aliphatic heterocycles. The lowest BCUT2D eigenvalue weighted by atomic mass is 9.88. The van der Waals surface area contributed by atoms with Gasteiger partial charge in [0.2, 0.25) is 5.91 Å². The Morgan fingerprint density at radius 3 is 2.37 bits per heavy atom. The molecular formula is C36H44N2O10S. The molecule has 0 bridgehead atoms. The van der Waals surface area contributed by atoms with Crippen molar-refractivity contribution in [3.8, 4) is 11.1 Å². The molecule has 1 fully saturated rings. The summed E-state index contributed by atoms with van der Waals surface area (Å²) in [6.07, 6.45) is 0.739. The molecule has 0 radical (unpaired) electrons. The van der Waals surface area contributed by atoms with Gasteiger partial charge in [0.05, 0.1) is 24.9 Å². The van der Waals surface area contributed by atoms with E-state index in [0.29, 0.717) is 37.0 Å². The van der Waals surface area contributed by atoms with Gasteiger partial charge < -0.3 is 40.5 Å². The van der Waals surface area contributed by atoms with Gasteiger partial charge in [0.1, 0.15) is 12.2 Å². The van der Waals surface area contributed by atoms with Crippen molar-refractivity contribution in [2.75, 3.05) is 24.7 Å². The molecule has 264 valence electrons. The van der Waals surface area contributed by atoms with Crippen LogP contribution in [0.4, 0.5) is 0 Å². The molecule has 1 saturated heterocycles. The van der Waals surface area contributed by atoms with Gasteiger partial charge in [0, 0.05) is 31.9 Å². The summed E-state index contributed by atoms with van der Waals surface area (Å²) in [6.45, 7) is 0.683. The van der Waals surface area contributed by atoms with Crippen LogP contribution >= 0.6 is 11.8 Å². The molecule has 0 saturated carbocycles. The number of Topliss-reactive ketones (excluding diaryl/α,β-unsaturated/α-hetero) is 1. The summed E-state index contributed by atoms with van der Waals surface area (Å²) < 4.78 is 11.5. The molecular weight excluding hydrogens is 652 g/mol. The van der Waals surface area contributed by atoms with E-state index in [1.807, 2.05) is 48.6 Å². The zero-order valence-electron chi connectivity index (χ0n) is 27.3. The molecule has 6 N–H and O–H groups in total. The van der Waals surface area contributed by atoms with Gasteiger partial charge in [-0.15, -0.1) is 0 Å². The maximum Gasteiger partial charge on any atom is 0.364 e. The smallest absolute Gasteiger partial charge is 0.364 e. The number of aliphatic hydroxyl groups is 3. The second-order valence-electron chi connectivity index (χ2n) is 12.0.